The van der Waals surface area contributed by atoms with Crippen LogP contribution in [0.5, 0.6) is 0 Å². The predicted molar refractivity (Wildman–Crippen MR) is 80.8 cm³/mol. The first-order chi connectivity index (χ1) is 9.84. The van der Waals surface area contributed by atoms with Crippen LogP contribution in [0.2, 0.25) is 0 Å². The van der Waals surface area contributed by atoms with Gasteiger partial charge in [0.15, 0.2) is 0 Å². The van der Waals surface area contributed by atoms with Gasteiger partial charge in [0.2, 0.25) is 0 Å². The molecular weight excluding hydrogens is 250 g/mol. The van der Waals surface area contributed by atoms with Crippen LogP contribution in [0.25, 0.3) is 0 Å². The largest absolute Gasteiger partial charge is 0.378 e. The number of rotatable bonds is 8. The highest BCUT2D eigenvalue weighted by molar-refractivity contribution is 5.78. The Hall–Kier alpha value is -1.19. The third-order valence-corrected chi connectivity index (χ3v) is 3.78. The highest BCUT2D eigenvalue weighted by Crippen LogP contribution is 2.09. The van der Waals surface area contributed by atoms with Crippen molar-refractivity contribution in [3.8, 4) is 0 Å². The molecule has 110 valence electrons. The zero-order chi connectivity index (χ0) is 14.0. The van der Waals surface area contributed by atoms with Crippen molar-refractivity contribution in [2.75, 3.05) is 19.7 Å². The molecule has 0 saturated carbocycles. The van der Waals surface area contributed by atoms with Crippen molar-refractivity contribution in [2.24, 2.45) is 0 Å². The van der Waals surface area contributed by atoms with Crippen LogP contribution in [0.3, 0.4) is 0 Å². The molecule has 0 spiro atoms. The number of hydrogen-bond acceptors (Lipinski definition) is 3. The van der Waals surface area contributed by atoms with E-state index >= 15 is 0 Å². The van der Waals surface area contributed by atoms with Crippen molar-refractivity contribution in [3.05, 3.63) is 35.9 Å². The Labute approximate surface area is 121 Å². The van der Waals surface area contributed by atoms with Crippen molar-refractivity contribution in [1.29, 1.82) is 0 Å². The van der Waals surface area contributed by atoms with E-state index in [0.29, 0.717) is 31.3 Å². The first kappa shape index (κ1) is 15.2. The van der Waals surface area contributed by atoms with E-state index in [4.69, 9.17) is 4.74 Å². The Kier molecular flexibility index (Phi) is 6.75. The van der Waals surface area contributed by atoms with Gasteiger partial charge in [0, 0.05) is 12.8 Å². The molecule has 1 N–H and O–H groups in total. The van der Waals surface area contributed by atoms with E-state index in [9.17, 15) is 4.79 Å². The number of ether oxygens (including phenoxy) is 1. The number of carbonyl (C=O) groups excluding carboxylic acids is 1. The van der Waals surface area contributed by atoms with Crippen molar-refractivity contribution in [2.45, 2.75) is 44.6 Å². The Balaban J connectivity index is 1.52. The second kappa shape index (κ2) is 8.88. The Morgan fingerprint density at radius 2 is 1.90 bits per heavy atom. The lowest BCUT2D eigenvalue weighted by atomic mass is 10.1. The number of carbonyl (C=O) groups is 1. The summed E-state index contributed by atoms with van der Waals surface area (Å²) in [6, 6.07) is 10.3. The third kappa shape index (κ3) is 5.85. The minimum atomic E-state index is 0.329. The monoisotopic (exact) mass is 275 g/mol. The van der Waals surface area contributed by atoms with Crippen LogP contribution < -0.4 is 5.32 Å². The lowest BCUT2D eigenvalue weighted by Crippen LogP contribution is -2.32. The summed E-state index contributed by atoms with van der Waals surface area (Å²) in [4.78, 5) is 11.8. The van der Waals surface area contributed by atoms with Gasteiger partial charge in [-0.25, -0.2) is 0 Å². The van der Waals surface area contributed by atoms with Crippen molar-refractivity contribution in [3.63, 3.8) is 0 Å². The van der Waals surface area contributed by atoms with Gasteiger partial charge >= 0.3 is 0 Å². The number of ketones is 1. The second-order valence-electron chi connectivity index (χ2n) is 5.45. The number of benzene rings is 1. The smallest absolute Gasteiger partial charge is 0.135 e. The minimum absolute atomic E-state index is 0.329. The van der Waals surface area contributed by atoms with Crippen LogP contribution >= 0.6 is 0 Å². The summed E-state index contributed by atoms with van der Waals surface area (Å²) in [5, 5.41) is 3.31. The molecule has 3 nitrogen and oxygen atoms in total. The Bertz CT molecular complexity index is 385. The number of Topliss-reactive ketones (excluding diaryl/α,β-unsaturated/α-hetero) is 1. The minimum Gasteiger partial charge on any atom is -0.378 e. The fourth-order valence-electron chi connectivity index (χ4n) is 2.56. The predicted octanol–water partition coefficient (Wildman–Crippen LogP) is 2.74. The molecule has 0 amide bonds. The van der Waals surface area contributed by atoms with E-state index in [1.54, 1.807) is 0 Å². The van der Waals surface area contributed by atoms with Crippen LogP contribution in [0.15, 0.2) is 30.3 Å². The summed E-state index contributed by atoms with van der Waals surface area (Å²) >= 11 is 0. The number of aryl methyl sites for hydroxylation is 1. The Morgan fingerprint density at radius 1 is 1.15 bits per heavy atom. The summed E-state index contributed by atoms with van der Waals surface area (Å²) in [5.41, 5.74) is 1.31. The standard InChI is InChI=1S/C17H25NO2/c19-16(8-4-7-15-5-2-1-3-6-15)11-14-20-17-9-12-18-13-10-17/h1-3,5-6,17-18H,4,7-14H2. The summed E-state index contributed by atoms with van der Waals surface area (Å²) in [6.45, 7) is 2.67. The topological polar surface area (TPSA) is 38.3 Å². The first-order valence-electron chi connectivity index (χ1n) is 7.72. The molecule has 1 heterocycles. The highest BCUT2D eigenvalue weighted by Gasteiger charge is 2.13. The van der Waals surface area contributed by atoms with Crippen molar-refractivity contribution in [1.82, 2.24) is 5.32 Å². The van der Waals surface area contributed by atoms with Crippen molar-refractivity contribution < 1.29 is 9.53 Å². The van der Waals surface area contributed by atoms with Crippen LogP contribution in [-0.4, -0.2) is 31.6 Å². The molecule has 0 aliphatic carbocycles. The SMILES string of the molecule is O=C(CCCc1ccccc1)CCOC1CCNCC1. The maximum Gasteiger partial charge on any atom is 0.135 e. The number of nitrogens with one attached hydrogen (secondary N) is 1. The first-order valence-corrected chi connectivity index (χ1v) is 7.72. The average molecular weight is 275 g/mol. The fraction of sp³-hybridized carbons (Fsp3) is 0.588. The maximum atomic E-state index is 11.8. The van der Waals surface area contributed by atoms with E-state index in [0.717, 1.165) is 38.8 Å². The summed E-state index contributed by atoms with van der Waals surface area (Å²) in [6.07, 6.45) is 5.67. The molecule has 20 heavy (non-hydrogen) atoms. The quantitative estimate of drug-likeness (QED) is 0.793. The average Bonchev–Trinajstić information content (AvgIpc) is 2.49. The lowest BCUT2D eigenvalue weighted by Gasteiger charge is -2.22. The summed E-state index contributed by atoms with van der Waals surface area (Å²) in [5.74, 6) is 0.329. The van der Waals surface area contributed by atoms with Crippen LogP contribution in [0, 0.1) is 0 Å². The molecule has 1 fully saturated rings. The van der Waals surface area contributed by atoms with E-state index in [-0.39, 0.29) is 0 Å². The molecule has 0 aromatic heterocycles. The van der Waals surface area contributed by atoms with Gasteiger partial charge in [-0.1, -0.05) is 30.3 Å². The zero-order valence-corrected chi connectivity index (χ0v) is 12.1. The van der Waals surface area contributed by atoms with E-state index in [2.05, 4.69) is 17.4 Å². The molecule has 3 heteroatoms. The molecule has 0 unspecified atom stereocenters. The van der Waals surface area contributed by atoms with Gasteiger partial charge in [-0.2, -0.15) is 0 Å². The van der Waals surface area contributed by atoms with Gasteiger partial charge in [-0.05, 0) is 44.3 Å². The van der Waals surface area contributed by atoms with Gasteiger partial charge in [-0.3, -0.25) is 4.79 Å². The molecular formula is C17H25NO2. The second-order valence-corrected chi connectivity index (χ2v) is 5.45. The molecule has 1 aliphatic heterocycles. The Morgan fingerprint density at radius 3 is 2.65 bits per heavy atom. The summed E-state index contributed by atoms with van der Waals surface area (Å²) in [7, 11) is 0. The van der Waals surface area contributed by atoms with E-state index < -0.39 is 0 Å². The molecule has 1 aliphatic rings. The van der Waals surface area contributed by atoms with E-state index in [1.807, 2.05) is 18.2 Å². The molecule has 0 bridgehead atoms. The maximum absolute atomic E-state index is 11.8. The normalized spacial score (nSPS) is 16.2. The van der Waals surface area contributed by atoms with Crippen LogP contribution in [0.1, 0.15) is 37.7 Å². The number of hydrogen-bond donors (Lipinski definition) is 1. The highest BCUT2D eigenvalue weighted by atomic mass is 16.5. The van der Waals surface area contributed by atoms with Crippen LogP contribution in [0.4, 0.5) is 0 Å². The zero-order valence-electron chi connectivity index (χ0n) is 12.1. The molecule has 1 aromatic rings. The van der Waals surface area contributed by atoms with Gasteiger partial charge in [0.05, 0.1) is 12.7 Å². The molecule has 1 aromatic carbocycles. The molecule has 0 radical (unpaired) electrons. The van der Waals surface area contributed by atoms with Crippen LogP contribution in [-0.2, 0) is 16.0 Å². The van der Waals surface area contributed by atoms with Gasteiger partial charge in [-0.15, -0.1) is 0 Å². The van der Waals surface area contributed by atoms with E-state index in [1.165, 1.54) is 5.56 Å². The van der Waals surface area contributed by atoms with Gasteiger partial charge < -0.3 is 10.1 Å². The summed E-state index contributed by atoms with van der Waals surface area (Å²) < 4.78 is 5.76. The lowest BCUT2D eigenvalue weighted by molar-refractivity contribution is -0.120. The van der Waals surface area contributed by atoms with Crippen molar-refractivity contribution >= 4 is 5.78 Å². The van der Waals surface area contributed by atoms with Gasteiger partial charge in [0.25, 0.3) is 0 Å². The third-order valence-electron chi connectivity index (χ3n) is 3.78. The molecule has 2 rings (SSSR count). The number of piperidine rings is 1. The van der Waals surface area contributed by atoms with Gasteiger partial charge in [0.1, 0.15) is 5.78 Å². The molecule has 1 saturated heterocycles. The molecule has 0 atom stereocenters. The fourth-order valence-corrected chi connectivity index (χ4v) is 2.56.